The Morgan fingerprint density at radius 1 is 1.10 bits per heavy atom. The van der Waals surface area contributed by atoms with Crippen LogP contribution in [0.4, 0.5) is 27.6 Å². The first-order valence-electron chi connectivity index (χ1n) is 8.50. The van der Waals surface area contributed by atoms with Gasteiger partial charge in [-0.15, -0.1) is 0 Å². The van der Waals surface area contributed by atoms with Gasteiger partial charge in [-0.1, -0.05) is 15.9 Å². The molecule has 2 amide bonds. The molecule has 0 aliphatic carbocycles. The van der Waals surface area contributed by atoms with Crippen molar-refractivity contribution in [1.82, 2.24) is 4.90 Å². The van der Waals surface area contributed by atoms with Crippen molar-refractivity contribution in [3.8, 4) is 11.5 Å². The fraction of sp³-hybridized carbons (Fsp3) is 0.158. The highest BCUT2D eigenvalue weighted by Gasteiger charge is 2.34. The molecule has 0 saturated carbocycles. The fourth-order valence-corrected chi connectivity index (χ4v) is 3.04. The number of benzene rings is 2. The van der Waals surface area contributed by atoms with Gasteiger partial charge in [0.25, 0.3) is 11.8 Å². The van der Waals surface area contributed by atoms with E-state index in [1.54, 1.807) is 0 Å². The van der Waals surface area contributed by atoms with E-state index < -0.39 is 47.5 Å². The molecule has 1 heterocycles. The van der Waals surface area contributed by atoms with Crippen molar-refractivity contribution in [2.24, 2.45) is 0 Å². The molecule has 0 atom stereocenters. The number of imide groups is 1. The summed E-state index contributed by atoms with van der Waals surface area (Å²) in [6.45, 7) is -0.681. The smallest absolute Gasteiger partial charge is 0.416 e. The average molecular weight is 507 g/mol. The van der Waals surface area contributed by atoms with Gasteiger partial charge in [0.1, 0.15) is 5.70 Å². The molecule has 1 aliphatic heterocycles. The second kappa shape index (κ2) is 8.63. The third-order valence-electron chi connectivity index (χ3n) is 4.08. The van der Waals surface area contributed by atoms with Gasteiger partial charge in [0, 0.05) is 10.5 Å². The quantitative estimate of drug-likeness (QED) is 0.453. The molecular formula is C19H12BrF5N2O4. The average Bonchev–Trinajstić information content (AvgIpc) is 2.93. The Labute approximate surface area is 180 Å². The van der Waals surface area contributed by atoms with E-state index >= 15 is 0 Å². The molecule has 0 bridgehead atoms. The Balaban J connectivity index is 1.93. The van der Waals surface area contributed by atoms with E-state index in [-0.39, 0.29) is 35.8 Å². The second-order valence-electron chi connectivity index (χ2n) is 6.21. The van der Waals surface area contributed by atoms with Gasteiger partial charge < -0.3 is 15.2 Å². The number of rotatable bonds is 6. The summed E-state index contributed by atoms with van der Waals surface area (Å²) in [4.78, 5) is 24.9. The maximum absolute atomic E-state index is 14.2. The maximum Gasteiger partial charge on any atom is 0.416 e. The van der Waals surface area contributed by atoms with Gasteiger partial charge in [-0.3, -0.25) is 14.5 Å². The number of alkyl halides is 3. The molecule has 0 radical (unpaired) electrons. The minimum Gasteiger partial charge on any atom is -0.449 e. The molecule has 6 nitrogen and oxygen atoms in total. The number of nitrogens with zero attached hydrogens (tertiary/aromatic N) is 1. The van der Waals surface area contributed by atoms with Gasteiger partial charge in [0.2, 0.25) is 0 Å². The lowest BCUT2D eigenvalue weighted by Gasteiger charge is -2.17. The van der Waals surface area contributed by atoms with Crippen LogP contribution in [0.5, 0.6) is 11.5 Å². The molecular weight excluding hydrogens is 495 g/mol. The highest BCUT2D eigenvalue weighted by Crippen LogP contribution is 2.38. The Bertz CT molecular complexity index is 1060. The number of halogens is 6. The van der Waals surface area contributed by atoms with Gasteiger partial charge in [-0.25, -0.2) is 8.78 Å². The van der Waals surface area contributed by atoms with Crippen LogP contribution in [0.1, 0.15) is 5.56 Å². The minimum atomic E-state index is -4.95. The first kappa shape index (κ1) is 22.7. The molecule has 12 heteroatoms. The Hall–Kier alpha value is -2.99. The summed E-state index contributed by atoms with van der Waals surface area (Å²) < 4.78 is 72.1. The van der Waals surface area contributed by atoms with Gasteiger partial charge in [0.15, 0.2) is 23.1 Å². The number of nitrogens with one attached hydrogen (secondary N) is 1. The summed E-state index contributed by atoms with van der Waals surface area (Å²) in [5, 5.41) is 11.5. The number of hydrogen-bond acceptors (Lipinski definition) is 5. The number of hydrogen-bond donors (Lipinski definition) is 2. The van der Waals surface area contributed by atoms with E-state index in [0.717, 1.165) is 11.0 Å². The van der Waals surface area contributed by atoms with Crippen LogP contribution < -0.4 is 10.1 Å². The van der Waals surface area contributed by atoms with Crippen molar-refractivity contribution < 1.29 is 41.4 Å². The van der Waals surface area contributed by atoms with Crippen molar-refractivity contribution in [1.29, 1.82) is 0 Å². The van der Waals surface area contributed by atoms with Gasteiger partial charge in [-0.05, 0) is 30.3 Å². The van der Waals surface area contributed by atoms with Crippen LogP contribution in [-0.2, 0) is 15.8 Å². The Morgan fingerprint density at radius 2 is 1.74 bits per heavy atom. The van der Waals surface area contributed by atoms with E-state index in [0.29, 0.717) is 4.47 Å². The lowest BCUT2D eigenvalue weighted by molar-refractivity contribution is -0.138. The number of anilines is 1. The van der Waals surface area contributed by atoms with Crippen molar-refractivity contribution >= 4 is 33.4 Å². The first-order chi connectivity index (χ1) is 14.5. The van der Waals surface area contributed by atoms with E-state index in [1.165, 1.54) is 18.2 Å². The topological polar surface area (TPSA) is 78.9 Å². The maximum atomic E-state index is 14.2. The van der Waals surface area contributed by atoms with Crippen molar-refractivity contribution in [3.63, 3.8) is 0 Å². The third kappa shape index (κ3) is 4.85. The van der Waals surface area contributed by atoms with E-state index in [9.17, 15) is 31.5 Å². The molecule has 2 aromatic rings. The van der Waals surface area contributed by atoms with Crippen LogP contribution in [0.3, 0.4) is 0 Å². The molecule has 0 saturated heterocycles. The second-order valence-corrected chi connectivity index (χ2v) is 7.13. The molecule has 3 rings (SSSR count). The van der Waals surface area contributed by atoms with Gasteiger partial charge in [-0.2, -0.15) is 13.2 Å². The monoisotopic (exact) mass is 506 g/mol. The van der Waals surface area contributed by atoms with Crippen LogP contribution in [0.2, 0.25) is 0 Å². The summed E-state index contributed by atoms with van der Waals surface area (Å²) in [5.41, 5.74) is -1.73. The van der Waals surface area contributed by atoms with Crippen molar-refractivity contribution in [2.45, 2.75) is 6.18 Å². The van der Waals surface area contributed by atoms with E-state index in [4.69, 9.17) is 9.84 Å². The molecule has 164 valence electrons. The van der Waals surface area contributed by atoms with Crippen LogP contribution in [0.25, 0.3) is 0 Å². The number of ether oxygens (including phenoxy) is 1. The Kier molecular flexibility index (Phi) is 6.32. The van der Waals surface area contributed by atoms with Crippen LogP contribution in [-0.4, -0.2) is 35.0 Å². The SMILES string of the molecule is O=C1C=C(Nc2cc(Br)ccc2Oc2c(F)cc(C(F)(F)F)cc2F)C(=O)N1CCO. The largest absolute Gasteiger partial charge is 0.449 e. The molecule has 2 N–H and O–H groups in total. The molecule has 31 heavy (non-hydrogen) atoms. The molecule has 0 unspecified atom stereocenters. The standard InChI is InChI=1S/C19H12BrF5N2O4/c20-10-1-2-15(31-17-11(21)5-9(6-12(17)22)19(23,24)25)13(7-10)26-14-8-16(29)27(3-4-28)18(14)30/h1-2,5-8,26,28H,3-4H2. The van der Waals surface area contributed by atoms with E-state index in [2.05, 4.69) is 21.2 Å². The predicted molar refractivity (Wildman–Crippen MR) is 101 cm³/mol. The van der Waals surface area contributed by atoms with E-state index in [1.807, 2.05) is 0 Å². The molecule has 1 aliphatic rings. The fourth-order valence-electron chi connectivity index (χ4n) is 2.67. The lowest BCUT2D eigenvalue weighted by Crippen LogP contribution is -2.34. The van der Waals surface area contributed by atoms with Gasteiger partial charge >= 0.3 is 6.18 Å². The zero-order chi connectivity index (χ0) is 22.9. The first-order valence-corrected chi connectivity index (χ1v) is 9.29. The van der Waals surface area contributed by atoms with Crippen LogP contribution in [0.15, 0.2) is 46.6 Å². The highest BCUT2D eigenvalue weighted by molar-refractivity contribution is 9.10. The number of amides is 2. The Morgan fingerprint density at radius 3 is 2.32 bits per heavy atom. The summed E-state index contributed by atoms with van der Waals surface area (Å²) in [5.74, 6) is -5.91. The molecule has 0 aromatic heterocycles. The predicted octanol–water partition coefficient (Wildman–Crippen LogP) is 4.20. The zero-order valence-corrected chi connectivity index (χ0v) is 16.9. The van der Waals surface area contributed by atoms with Crippen molar-refractivity contribution in [2.75, 3.05) is 18.5 Å². The van der Waals surface area contributed by atoms with Gasteiger partial charge in [0.05, 0.1) is 24.4 Å². The molecule has 0 fully saturated rings. The lowest BCUT2D eigenvalue weighted by atomic mass is 10.2. The van der Waals surface area contributed by atoms with Crippen LogP contribution in [0, 0.1) is 11.6 Å². The molecule has 0 spiro atoms. The summed E-state index contributed by atoms with van der Waals surface area (Å²) in [6.07, 6.45) is -3.99. The summed E-state index contributed by atoms with van der Waals surface area (Å²) in [6, 6.07) is 4.23. The van der Waals surface area contributed by atoms with Crippen molar-refractivity contribution in [3.05, 3.63) is 63.8 Å². The number of β-amino-alcohol motifs (C(OH)–C–C–N with tert-alkyl or cyclic N) is 1. The normalized spacial score (nSPS) is 14.2. The number of carbonyl (C=O) groups excluding carboxylic acids is 2. The molecule has 2 aromatic carbocycles. The highest BCUT2D eigenvalue weighted by atomic mass is 79.9. The summed E-state index contributed by atoms with van der Waals surface area (Å²) >= 11 is 3.17. The third-order valence-corrected chi connectivity index (χ3v) is 4.57. The zero-order valence-electron chi connectivity index (χ0n) is 15.3. The number of aliphatic hydroxyl groups is 1. The number of aliphatic hydroxyl groups excluding tert-OH is 1. The summed E-state index contributed by atoms with van der Waals surface area (Å²) in [7, 11) is 0. The number of carbonyl (C=O) groups is 2. The van der Waals surface area contributed by atoms with Crippen LogP contribution >= 0.6 is 15.9 Å². The minimum absolute atomic E-state index is 0.00804.